The highest BCUT2D eigenvalue weighted by Crippen LogP contribution is 2.44. The Morgan fingerprint density at radius 3 is 2.22 bits per heavy atom. The Morgan fingerprint density at radius 1 is 0.938 bits per heavy atom. The van der Waals surface area contributed by atoms with Crippen molar-refractivity contribution in [3.05, 3.63) is 95.3 Å². The van der Waals surface area contributed by atoms with Crippen LogP contribution in [0.3, 0.4) is 0 Å². The zero-order chi connectivity index (χ0) is 22.2. The molecule has 1 N–H and O–H groups in total. The van der Waals surface area contributed by atoms with E-state index in [1.54, 1.807) is 12.1 Å². The molecule has 1 aliphatic carbocycles. The van der Waals surface area contributed by atoms with Gasteiger partial charge < -0.3 is 14.7 Å². The highest BCUT2D eigenvalue weighted by molar-refractivity contribution is 5.79. The molecule has 5 rings (SSSR count). The normalized spacial score (nSPS) is 19.5. The fourth-order valence-corrected chi connectivity index (χ4v) is 4.96. The van der Waals surface area contributed by atoms with Crippen molar-refractivity contribution in [3.63, 3.8) is 0 Å². The van der Waals surface area contributed by atoms with E-state index in [0.29, 0.717) is 5.56 Å². The number of aliphatic carboxylic acids is 1. The maximum Gasteiger partial charge on any atom is 0.409 e. The summed E-state index contributed by atoms with van der Waals surface area (Å²) in [6, 6.07) is 22.1. The topological polar surface area (TPSA) is 66.8 Å². The summed E-state index contributed by atoms with van der Waals surface area (Å²) < 4.78 is 19.4. The van der Waals surface area contributed by atoms with E-state index in [0.717, 1.165) is 22.3 Å². The Labute approximate surface area is 185 Å². The van der Waals surface area contributed by atoms with Crippen molar-refractivity contribution in [2.24, 2.45) is 5.92 Å². The molecule has 1 aliphatic heterocycles. The standard InChI is InChI=1S/C26H22FNO4/c27-17-7-5-6-16(12-17)22-13-28(14-23(22)25(29)30)26(31)32-15-24-20-10-3-1-8-18(20)19-9-2-4-11-21(19)24/h1-12,22-24H,13-15H2,(H,29,30). The van der Waals surface area contributed by atoms with Gasteiger partial charge in [-0.25, -0.2) is 9.18 Å². The number of carboxylic acid groups (broad SMARTS) is 1. The van der Waals surface area contributed by atoms with Crippen LogP contribution in [-0.4, -0.2) is 41.8 Å². The van der Waals surface area contributed by atoms with Crippen LogP contribution in [0.25, 0.3) is 11.1 Å². The Bertz CT molecular complexity index is 1150. The number of likely N-dealkylation sites (tertiary alicyclic amines) is 1. The SMILES string of the molecule is O=C(O)C1CN(C(=O)OCC2c3ccccc3-c3ccccc32)CC1c1cccc(F)c1. The van der Waals surface area contributed by atoms with Gasteiger partial charge in [-0.3, -0.25) is 4.79 Å². The number of fused-ring (bicyclic) bond motifs is 3. The highest BCUT2D eigenvalue weighted by atomic mass is 19.1. The molecule has 32 heavy (non-hydrogen) atoms. The number of hydrogen-bond acceptors (Lipinski definition) is 3. The summed E-state index contributed by atoms with van der Waals surface area (Å²) in [4.78, 5) is 26.1. The van der Waals surface area contributed by atoms with Gasteiger partial charge in [-0.15, -0.1) is 0 Å². The summed E-state index contributed by atoms with van der Waals surface area (Å²) in [6.07, 6.45) is -0.544. The number of benzene rings is 3. The molecule has 1 amide bonds. The molecule has 2 aliphatic rings. The molecule has 0 saturated carbocycles. The van der Waals surface area contributed by atoms with E-state index in [1.165, 1.54) is 17.0 Å². The van der Waals surface area contributed by atoms with Crippen LogP contribution in [0.4, 0.5) is 9.18 Å². The van der Waals surface area contributed by atoms with Crippen molar-refractivity contribution in [2.75, 3.05) is 19.7 Å². The maximum absolute atomic E-state index is 13.7. The minimum atomic E-state index is -1.01. The first-order valence-corrected chi connectivity index (χ1v) is 10.6. The predicted octanol–water partition coefficient (Wildman–Crippen LogP) is 4.87. The van der Waals surface area contributed by atoms with E-state index < -0.39 is 29.7 Å². The van der Waals surface area contributed by atoms with Crippen LogP contribution in [0.2, 0.25) is 0 Å². The van der Waals surface area contributed by atoms with Gasteiger partial charge in [0.25, 0.3) is 0 Å². The van der Waals surface area contributed by atoms with Crippen LogP contribution in [-0.2, 0) is 9.53 Å². The minimum absolute atomic E-state index is 0.0349. The van der Waals surface area contributed by atoms with E-state index in [1.807, 2.05) is 36.4 Å². The molecule has 2 atom stereocenters. The molecule has 6 heteroatoms. The van der Waals surface area contributed by atoms with E-state index >= 15 is 0 Å². The van der Waals surface area contributed by atoms with Gasteiger partial charge in [0, 0.05) is 24.9 Å². The van der Waals surface area contributed by atoms with Crippen molar-refractivity contribution in [1.29, 1.82) is 0 Å². The fraction of sp³-hybridized carbons (Fsp3) is 0.231. The zero-order valence-corrected chi connectivity index (χ0v) is 17.3. The number of ether oxygens (including phenoxy) is 1. The Morgan fingerprint density at radius 2 is 1.59 bits per heavy atom. The number of carbonyl (C=O) groups excluding carboxylic acids is 1. The van der Waals surface area contributed by atoms with Crippen LogP contribution >= 0.6 is 0 Å². The lowest BCUT2D eigenvalue weighted by Crippen LogP contribution is -2.31. The smallest absolute Gasteiger partial charge is 0.409 e. The number of hydrogen-bond donors (Lipinski definition) is 1. The van der Waals surface area contributed by atoms with Crippen molar-refractivity contribution in [1.82, 2.24) is 4.90 Å². The van der Waals surface area contributed by atoms with Crippen LogP contribution in [0.15, 0.2) is 72.8 Å². The molecule has 3 aromatic rings. The van der Waals surface area contributed by atoms with Crippen molar-refractivity contribution in [2.45, 2.75) is 11.8 Å². The summed E-state index contributed by atoms with van der Waals surface area (Å²) in [5.74, 6) is -2.79. The molecular formula is C26H22FNO4. The lowest BCUT2D eigenvalue weighted by Gasteiger charge is -2.19. The first-order chi connectivity index (χ1) is 15.5. The third-order valence-electron chi connectivity index (χ3n) is 6.51. The highest BCUT2D eigenvalue weighted by Gasteiger charge is 2.41. The quantitative estimate of drug-likeness (QED) is 0.640. The Balaban J connectivity index is 1.32. The molecule has 1 saturated heterocycles. The van der Waals surface area contributed by atoms with Crippen LogP contribution in [0.5, 0.6) is 0 Å². The third-order valence-corrected chi connectivity index (χ3v) is 6.51. The fourth-order valence-electron chi connectivity index (χ4n) is 4.96. The van der Waals surface area contributed by atoms with E-state index in [9.17, 15) is 19.1 Å². The summed E-state index contributed by atoms with van der Waals surface area (Å²) in [5.41, 5.74) is 5.09. The molecule has 1 fully saturated rings. The molecule has 0 spiro atoms. The summed E-state index contributed by atoms with van der Waals surface area (Å²) >= 11 is 0. The Kier molecular flexibility index (Phi) is 5.13. The van der Waals surface area contributed by atoms with Gasteiger partial charge in [0.15, 0.2) is 0 Å². The maximum atomic E-state index is 13.7. The summed E-state index contributed by atoms with van der Waals surface area (Å²) in [5, 5.41) is 9.66. The van der Waals surface area contributed by atoms with Gasteiger partial charge in [-0.05, 0) is 39.9 Å². The summed E-state index contributed by atoms with van der Waals surface area (Å²) in [6.45, 7) is 0.385. The van der Waals surface area contributed by atoms with Crippen molar-refractivity contribution < 1.29 is 23.8 Å². The van der Waals surface area contributed by atoms with Crippen LogP contribution in [0, 0.1) is 11.7 Å². The van der Waals surface area contributed by atoms with Crippen molar-refractivity contribution in [3.8, 4) is 11.1 Å². The number of carboxylic acids is 1. The van der Waals surface area contributed by atoms with Gasteiger partial charge >= 0.3 is 12.1 Å². The second-order valence-corrected chi connectivity index (χ2v) is 8.32. The number of nitrogens with zero attached hydrogens (tertiary/aromatic N) is 1. The lowest BCUT2D eigenvalue weighted by atomic mass is 9.89. The van der Waals surface area contributed by atoms with Gasteiger partial charge in [0.1, 0.15) is 12.4 Å². The summed E-state index contributed by atoms with van der Waals surface area (Å²) in [7, 11) is 0. The molecule has 0 radical (unpaired) electrons. The zero-order valence-electron chi connectivity index (χ0n) is 17.3. The second kappa shape index (κ2) is 8.11. The molecular weight excluding hydrogens is 409 g/mol. The van der Waals surface area contributed by atoms with Gasteiger partial charge in [0.05, 0.1) is 5.92 Å². The largest absolute Gasteiger partial charge is 0.481 e. The van der Waals surface area contributed by atoms with Crippen LogP contribution < -0.4 is 0 Å². The van der Waals surface area contributed by atoms with Crippen molar-refractivity contribution >= 4 is 12.1 Å². The number of rotatable bonds is 4. The second-order valence-electron chi connectivity index (χ2n) is 8.32. The van der Waals surface area contributed by atoms with Crippen LogP contribution in [0.1, 0.15) is 28.5 Å². The van der Waals surface area contributed by atoms with E-state index in [4.69, 9.17) is 4.74 Å². The molecule has 0 bridgehead atoms. The number of carbonyl (C=O) groups is 2. The Hall–Kier alpha value is -3.67. The van der Waals surface area contributed by atoms with E-state index in [-0.39, 0.29) is 25.6 Å². The monoisotopic (exact) mass is 431 g/mol. The molecule has 3 aromatic carbocycles. The minimum Gasteiger partial charge on any atom is -0.481 e. The number of amides is 1. The molecule has 5 nitrogen and oxygen atoms in total. The first kappa shape index (κ1) is 20.2. The molecule has 0 aromatic heterocycles. The molecule has 2 unspecified atom stereocenters. The molecule has 1 heterocycles. The first-order valence-electron chi connectivity index (χ1n) is 10.6. The van der Waals surface area contributed by atoms with Gasteiger partial charge in [0.2, 0.25) is 0 Å². The lowest BCUT2D eigenvalue weighted by molar-refractivity contribution is -0.141. The van der Waals surface area contributed by atoms with Gasteiger partial charge in [-0.2, -0.15) is 0 Å². The van der Waals surface area contributed by atoms with E-state index in [2.05, 4.69) is 12.1 Å². The van der Waals surface area contributed by atoms with Gasteiger partial charge in [-0.1, -0.05) is 60.7 Å². The average molecular weight is 431 g/mol. The third kappa shape index (κ3) is 3.51. The predicted molar refractivity (Wildman–Crippen MR) is 117 cm³/mol. The number of halogens is 1. The molecule has 162 valence electrons. The average Bonchev–Trinajstić information content (AvgIpc) is 3.38.